The molecule has 0 saturated heterocycles. The maximum atomic E-state index is 12.0. The molecule has 0 spiro atoms. The Hall–Kier alpha value is -2.02. The Labute approximate surface area is 118 Å². The Balaban J connectivity index is 2.19. The Bertz CT molecular complexity index is 634. The molecule has 21 heavy (non-hydrogen) atoms. The first-order valence-corrected chi connectivity index (χ1v) is 6.33. The Morgan fingerprint density at radius 2 is 2.10 bits per heavy atom. The smallest absolute Gasteiger partial charge is 0.411 e. The highest BCUT2D eigenvalue weighted by molar-refractivity contribution is 6.10. The van der Waals surface area contributed by atoms with Gasteiger partial charge in [0.15, 0.2) is 5.78 Å². The number of alkyl halides is 3. The molecule has 114 valence electrons. The molecular formula is C14H14F3NO3. The summed E-state index contributed by atoms with van der Waals surface area (Å²) in [7, 11) is 0. The average Bonchev–Trinajstić information content (AvgIpc) is 2.82. The van der Waals surface area contributed by atoms with Crippen LogP contribution in [0.15, 0.2) is 24.4 Å². The minimum Gasteiger partial charge on any atom is -0.493 e. The van der Waals surface area contributed by atoms with E-state index in [0.717, 1.165) is 0 Å². The van der Waals surface area contributed by atoms with E-state index < -0.39 is 25.2 Å². The summed E-state index contributed by atoms with van der Waals surface area (Å²) < 4.78 is 45.8. The van der Waals surface area contributed by atoms with Gasteiger partial charge in [0.25, 0.3) is 0 Å². The molecule has 4 nitrogen and oxygen atoms in total. The van der Waals surface area contributed by atoms with Gasteiger partial charge >= 0.3 is 6.18 Å². The van der Waals surface area contributed by atoms with E-state index in [2.05, 4.69) is 9.72 Å². The first-order valence-electron chi connectivity index (χ1n) is 6.33. The molecule has 2 rings (SSSR count). The summed E-state index contributed by atoms with van der Waals surface area (Å²) in [5, 5.41) is 0.556. The van der Waals surface area contributed by atoms with Crippen molar-refractivity contribution in [3.63, 3.8) is 0 Å². The van der Waals surface area contributed by atoms with E-state index >= 15 is 0 Å². The number of aromatic amines is 1. The van der Waals surface area contributed by atoms with Crippen molar-refractivity contribution in [2.45, 2.75) is 13.1 Å². The van der Waals surface area contributed by atoms with Gasteiger partial charge in [-0.15, -0.1) is 0 Å². The summed E-state index contributed by atoms with van der Waals surface area (Å²) in [6, 6.07) is 5.22. The number of fused-ring (bicyclic) bond motifs is 1. The van der Waals surface area contributed by atoms with Crippen molar-refractivity contribution in [2.24, 2.45) is 0 Å². The van der Waals surface area contributed by atoms with Crippen molar-refractivity contribution in [1.82, 2.24) is 4.98 Å². The van der Waals surface area contributed by atoms with Gasteiger partial charge in [0.1, 0.15) is 19.0 Å². The normalized spacial score (nSPS) is 11.8. The highest BCUT2D eigenvalue weighted by Crippen LogP contribution is 2.29. The first-order chi connectivity index (χ1) is 9.92. The van der Waals surface area contributed by atoms with Crippen molar-refractivity contribution in [2.75, 3.05) is 19.8 Å². The molecule has 0 aliphatic heterocycles. The fraction of sp³-hybridized carbons (Fsp3) is 0.357. The van der Waals surface area contributed by atoms with Gasteiger partial charge < -0.3 is 14.5 Å². The minimum atomic E-state index is -4.45. The molecule has 1 N–H and O–H groups in total. The number of carbonyl (C=O) groups excluding carboxylic acids is 1. The number of ketones is 1. The number of rotatable bonds is 6. The zero-order chi connectivity index (χ0) is 15.5. The zero-order valence-electron chi connectivity index (χ0n) is 11.3. The van der Waals surface area contributed by atoms with Crippen LogP contribution in [0, 0.1) is 0 Å². The van der Waals surface area contributed by atoms with E-state index in [0.29, 0.717) is 23.3 Å². The monoisotopic (exact) mass is 301 g/mol. The van der Waals surface area contributed by atoms with Crippen LogP contribution in [0.3, 0.4) is 0 Å². The summed E-state index contributed by atoms with van der Waals surface area (Å²) in [6.07, 6.45) is -3.00. The van der Waals surface area contributed by atoms with Gasteiger partial charge in [-0.05, 0) is 19.1 Å². The molecular weight excluding hydrogens is 287 g/mol. The quantitative estimate of drug-likeness (QED) is 0.833. The van der Waals surface area contributed by atoms with Crippen molar-refractivity contribution >= 4 is 16.7 Å². The van der Waals surface area contributed by atoms with Gasteiger partial charge in [-0.25, -0.2) is 0 Å². The van der Waals surface area contributed by atoms with Crippen LogP contribution in [0.2, 0.25) is 0 Å². The molecule has 0 atom stereocenters. The van der Waals surface area contributed by atoms with Gasteiger partial charge in [0.2, 0.25) is 0 Å². The van der Waals surface area contributed by atoms with Crippen molar-refractivity contribution in [3.05, 3.63) is 30.0 Å². The number of Topliss-reactive ketones (excluding diaryl/α,β-unsaturated/α-hetero) is 1. The third kappa shape index (κ3) is 3.75. The second-order valence-corrected chi connectivity index (χ2v) is 4.35. The number of ether oxygens (including phenoxy) is 2. The van der Waals surface area contributed by atoms with E-state index in [1.807, 2.05) is 0 Å². The summed E-state index contributed by atoms with van der Waals surface area (Å²) >= 11 is 0. The molecule has 0 aliphatic carbocycles. The Kier molecular flexibility index (Phi) is 4.52. The predicted molar refractivity (Wildman–Crippen MR) is 70.7 cm³/mol. The molecule has 2 aromatic rings. The first kappa shape index (κ1) is 15.4. The Morgan fingerprint density at radius 1 is 1.33 bits per heavy atom. The fourth-order valence-corrected chi connectivity index (χ4v) is 1.98. The molecule has 7 heteroatoms. The van der Waals surface area contributed by atoms with E-state index in [9.17, 15) is 18.0 Å². The summed E-state index contributed by atoms with van der Waals surface area (Å²) in [4.78, 5) is 14.9. The van der Waals surface area contributed by atoms with Crippen LogP contribution in [0.25, 0.3) is 10.9 Å². The lowest BCUT2D eigenvalue weighted by Gasteiger charge is -2.08. The number of hydrogen-bond donors (Lipinski definition) is 1. The number of halogens is 3. The van der Waals surface area contributed by atoms with E-state index in [4.69, 9.17) is 4.74 Å². The maximum absolute atomic E-state index is 12.0. The number of H-pyrrole nitrogens is 1. The van der Waals surface area contributed by atoms with E-state index in [1.165, 1.54) is 6.20 Å². The number of benzene rings is 1. The third-order valence-corrected chi connectivity index (χ3v) is 2.77. The van der Waals surface area contributed by atoms with E-state index in [1.54, 1.807) is 25.1 Å². The SMILES string of the molecule is CCOc1cccc2[nH]cc(C(=O)COCC(F)(F)F)c12. The summed E-state index contributed by atoms with van der Waals surface area (Å²) in [6.45, 7) is 0.147. The number of carbonyl (C=O) groups is 1. The van der Waals surface area contributed by atoms with E-state index in [-0.39, 0.29) is 5.56 Å². The lowest BCUT2D eigenvalue weighted by Crippen LogP contribution is -2.20. The highest BCUT2D eigenvalue weighted by atomic mass is 19.4. The molecule has 0 fully saturated rings. The molecule has 0 amide bonds. The molecule has 0 saturated carbocycles. The van der Waals surface area contributed by atoms with Crippen LogP contribution in [0.4, 0.5) is 13.2 Å². The predicted octanol–water partition coefficient (Wildman–Crippen LogP) is 3.33. The topological polar surface area (TPSA) is 51.3 Å². The van der Waals surface area contributed by atoms with Crippen LogP contribution in [0.5, 0.6) is 5.75 Å². The third-order valence-electron chi connectivity index (χ3n) is 2.77. The Morgan fingerprint density at radius 3 is 2.76 bits per heavy atom. The molecule has 1 aromatic heterocycles. The lowest BCUT2D eigenvalue weighted by atomic mass is 10.1. The summed E-state index contributed by atoms with van der Waals surface area (Å²) in [5.74, 6) is -0.0203. The molecule has 1 heterocycles. The number of hydrogen-bond acceptors (Lipinski definition) is 3. The molecule has 0 bridgehead atoms. The van der Waals surface area contributed by atoms with Gasteiger partial charge in [-0.3, -0.25) is 4.79 Å². The van der Waals surface area contributed by atoms with Crippen LogP contribution < -0.4 is 4.74 Å². The number of aromatic nitrogens is 1. The van der Waals surface area contributed by atoms with Gasteiger partial charge in [0.05, 0.1) is 12.0 Å². The van der Waals surface area contributed by atoms with Crippen LogP contribution in [-0.2, 0) is 4.74 Å². The fourth-order valence-electron chi connectivity index (χ4n) is 1.98. The van der Waals surface area contributed by atoms with Crippen molar-refractivity contribution in [3.8, 4) is 5.75 Å². The van der Waals surface area contributed by atoms with Crippen molar-refractivity contribution < 1.29 is 27.4 Å². The second kappa shape index (κ2) is 6.17. The van der Waals surface area contributed by atoms with Crippen molar-refractivity contribution in [1.29, 1.82) is 0 Å². The molecule has 0 unspecified atom stereocenters. The number of nitrogens with one attached hydrogen (secondary N) is 1. The molecule has 0 aliphatic rings. The maximum Gasteiger partial charge on any atom is 0.411 e. The highest BCUT2D eigenvalue weighted by Gasteiger charge is 2.28. The van der Waals surface area contributed by atoms with Gasteiger partial charge in [-0.1, -0.05) is 6.07 Å². The molecule has 0 radical (unpaired) electrons. The second-order valence-electron chi connectivity index (χ2n) is 4.35. The van der Waals surface area contributed by atoms with Crippen LogP contribution in [-0.4, -0.2) is 36.8 Å². The van der Waals surface area contributed by atoms with Crippen LogP contribution >= 0.6 is 0 Å². The largest absolute Gasteiger partial charge is 0.493 e. The average molecular weight is 301 g/mol. The summed E-state index contributed by atoms with van der Waals surface area (Å²) in [5.41, 5.74) is 0.941. The van der Waals surface area contributed by atoms with Gasteiger partial charge in [0, 0.05) is 17.3 Å². The lowest BCUT2D eigenvalue weighted by molar-refractivity contribution is -0.170. The van der Waals surface area contributed by atoms with Gasteiger partial charge in [-0.2, -0.15) is 13.2 Å². The minimum absolute atomic E-state index is 0.260. The zero-order valence-corrected chi connectivity index (χ0v) is 11.3. The standard InChI is InChI=1S/C14H14F3NO3/c1-2-21-12-5-3-4-10-13(12)9(6-18-10)11(19)7-20-8-14(15,16)17/h3-6,18H,2,7-8H2,1H3. The molecule has 1 aromatic carbocycles. The van der Waals surface area contributed by atoms with Crippen LogP contribution in [0.1, 0.15) is 17.3 Å².